The van der Waals surface area contributed by atoms with Crippen molar-refractivity contribution >= 4 is 11.6 Å². The van der Waals surface area contributed by atoms with Gasteiger partial charge in [-0.15, -0.1) is 0 Å². The average molecular weight is 305 g/mol. The van der Waals surface area contributed by atoms with Crippen LogP contribution in [0.5, 0.6) is 0 Å². The summed E-state index contributed by atoms with van der Waals surface area (Å²) in [6.07, 6.45) is 12.2. The van der Waals surface area contributed by atoms with Crippen molar-refractivity contribution in [3.8, 4) is 0 Å². The molecule has 1 heterocycles. The van der Waals surface area contributed by atoms with Crippen molar-refractivity contribution in [2.75, 3.05) is 20.1 Å². The molecule has 23 heavy (non-hydrogen) atoms. The van der Waals surface area contributed by atoms with E-state index in [1.165, 1.54) is 49.9 Å². The highest BCUT2D eigenvalue weighted by molar-refractivity contribution is 5.82. The maximum atomic E-state index is 2.50. The highest BCUT2D eigenvalue weighted by Crippen LogP contribution is 2.45. The number of fused-ring (bicyclic) bond motifs is 2. The fourth-order valence-corrected chi connectivity index (χ4v) is 4.44. The van der Waals surface area contributed by atoms with Crippen LogP contribution in [0.1, 0.15) is 43.7 Å². The van der Waals surface area contributed by atoms with Crippen LogP contribution in [-0.4, -0.2) is 25.0 Å². The Balaban J connectivity index is 1.87. The molecule has 0 bridgehead atoms. The van der Waals surface area contributed by atoms with Crippen LogP contribution in [-0.2, 0) is 0 Å². The molecule has 1 fully saturated rings. The molecular formula is C22H27N. The number of likely N-dealkylation sites (tertiary alicyclic amines) is 1. The highest BCUT2D eigenvalue weighted by atomic mass is 15.1. The Morgan fingerprint density at radius 2 is 1.83 bits per heavy atom. The summed E-state index contributed by atoms with van der Waals surface area (Å²) in [6, 6.07) is 9.01. The second kappa shape index (κ2) is 6.13. The SMILES string of the molecule is CC1CC=C2C=Cc3ccccc3C(=C3CCN(C)CC3)C2C1. The van der Waals surface area contributed by atoms with Crippen LogP contribution in [0.4, 0.5) is 0 Å². The van der Waals surface area contributed by atoms with Gasteiger partial charge in [0, 0.05) is 19.0 Å². The summed E-state index contributed by atoms with van der Waals surface area (Å²) < 4.78 is 0. The minimum absolute atomic E-state index is 0.608. The monoisotopic (exact) mass is 305 g/mol. The van der Waals surface area contributed by atoms with Crippen molar-refractivity contribution < 1.29 is 0 Å². The van der Waals surface area contributed by atoms with Gasteiger partial charge in [-0.3, -0.25) is 0 Å². The largest absolute Gasteiger partial charge is 0.306 e. The van der Waals surface area contributed by atoms with Crippen LogP contribution >= 0.6 is 0 Å². The minimum atomic E-state index is 0.608. The smallest absolute Gasteiger partial charge is 0.00945 e. The van der Waals surface area contributed by atoms with Gasteiger partial charge in [0.15, 0.2) is 0 Å². The number of nitrogens with zero attached hydrogens (tertiary/aromatic N) is 1. The maximum Gasteiger partial charge on any atom is 0.00945 e. The zero-order chi connectivity index (χ0) is 15.8. The summed E-state index contributed by atoms with van der Waals surface area (Å²) >= 11 is 0. The zero-order valence-electron chi connectivity index (χ0n) is 14.4. The third-order valence-electron chi connectivity index (χ3n) is 5.82. The molecule has 2 aliphatic carbocycles. The number of allylic oxidation sites excluding steroid dienone is 4. The summed E-state index contributed by atoms with van der Waals surface area (Å²) in [7, 11) is 2.25. The van der Waals surface area contributed by atoms with E-state index in [4.69, 9.17) is 0 Å². The second-order valence-electron chi connectivity index (χ2n) is 7.57. The minimum Gasteiger partial charge on any atom is -0.306 e. The Bertz CT molecular complexity index is 682. The van der Waals surface area contributed by atoms with Crippen molar-refractivity contribution in [1.82, 2.24) is 4.90 Å². The summed E-state index contributed by atoms with van der Waals surface area (Å²) in [4.78, 5) is 2.46. The molecule has 3 aliphatic rings. The van der Waals surface area contributed by atoms with Crippen LogP contribution in [0, 0.1) is 11.8 Å². The molecule has 0 saturated carbocycles. The Hall–Kier alpha value is -1.60. The fraction of sp³-hybridized carbons (Fsp3) is 0.455. The van der Waals surface area contributed by atoms with E-state index in [2.05, 4.69) is 61.4 Å². The van der Waals surface area contributed by atoms with Crippen molar-refractivity contribution in [3.63, 3.8) is 0 Å². The zero-order valence-corrected chi connectivity index (χ0v) is 14.4. The molecule has 0 spiro atoms. The molecule has 2 unspecified atom stereocenters. The molecule has 1 aromatic carbocycles. The fourth-order valence-electron chi connectivity index (χ4n) is 4.44. The molecule has 1 saturated heterocycles. The lowest BCUT2D eigenvalue weighted by Gasteiger charge is -2.33. The van der Waals surface area contributed by atoms with Gasteiger partial charge >= 0.3 is 0 Å². The third-order valence-corrected chi connectivity index (χ3v) is 5.82. The molecule has 120 valence electrons. The van der Waals surface area contributed by atoms with E-state index < -0.39 is 0 Å². The Labute approximate surface area is 140 Å². The van der Waals surface area contributed by atoms with Gasteiger partial charge in [-0.1, -0.05) is 55.0 Å². The van der Waals surface area contributed by atoms with Gasteiger partial charge in [-0.2, -0.15) is 0 Å². The van der Waals surface area contributed by atoms with E-state index in [0.29, 0.717) is 5.92 Å². The molecule has 2 atom stereocenters. The molecular weight excluding hydrogens is 278 g/mol. The van der Waals surface area contributed by atoms with Crippen LogP contribution in [0.25, 0.3) is 11.6 Å². The normalized spacial score (nSPS) is 28.0. The van der Waals surface area contributed by atoms with Gasteiger partial charge in [0.25, 0.3) is 0 Å². The molecule has 0 N–H and O–H groups in total. The van der Waals surface area contributed by atoms with Crippen LogP contribution in [0.15, 0.2) is 47.6 Å². The Morgan fingerprint density at radius 3 is 2.65 bits per heavy atom. The van der Waals surface area contributed by atoms with E-state index >= 15 is 0 Å². The average Bonchev–Trinajstić information content (AvgIpc) is 2.72. The second-order valence-corrected chi connectivity index (χ2v) is 7.57. The van der Waals surface area contributed by atoms with E-state index in [1.807, 2.05) is 0 Å². The molecule has 1 aliphatic heterocycles. The first-order chi connectivity index (χ1) is 11.2. The lowest BCUT2D eigenvalue weighted by atomic mass is 9.74. The van der Waals surface area contributed by atoms with Crippen molar-refractivity contribution in [2.24, 2.45) is 11.8 Å². The molecule has 1 nitrogen and oxygen atoms in total. The maximum absolute atomic E-state index is 2.50. The summed E-state index contributed by atoms with van der Waals surface area (Å²) in [5.41, 5.74) is 7.82. The Morgan fingerprint density at radius 1 is 1.04 bits per heavy atom. The molecule has 4 rings (SSSR count). The predicted octanol–water partition coefficient (Wildman–Crippen LogP) is 5.17. The molecule has 1 heteroatoms. The lowest BCUT2D eigenvalue weighted by Crippen LogP contribution is -2.28. The van der Waals surface area contributed by atoms with Crippen molar-refractivity contribution in [3.05, 3.63) is 58.7 Å². The summed E-state index contributed by atoms with van der Waals surface area (Å²) in [5.74, 6) is 1.40. The molecule has 0 aromatic heterocycles. The van der Waals surface area contributed by atoms with Gasteiger partial charge < -0.3 is 4.90 Å². The van der Waals surface area contributed by atoms with Gasteiger partial charge in [0.05, 0.1) is 0 Å². The van der Waals surface area contributed by atoms with Crippen molar-refractivity contribution in [1.29, 1.82) is 0 Å². The third kappa shape index (κ3) is 2.83. The van der Waals surface area contributed by atoms with Crippen molar-refractivity contribution in [2.45, 2.75) is 32.6 Å². The first-order valence-corrected chi connectivity index (χ1v) is 9.10. The number of piperidine rings is 1. The van der Waals surface area contributed by atoms with Crippen LogP contribution in [0.2, 0.25) is 0 Å². The van der Waals surface area contributed by atoms with Gasteiger partial charge in [0.1, 0.15) is 0 Å². The molecule has 1 aromatic rings. The highest BCUT2D eigenvalue weighted by Gasteiger charge is 2.30. The van der Waals surface area contributed by atoms with Crippen LogP contribution in [0.3, 0.4) is 0 Å². The number of hydrogen-bond acceptors (Lipinski definition) is 1. The first kappa shape index (κ1) is 15.0. The van der Waals surface area contributed by atoms with E-state index in [0.717, 1.165) is 5.92 Å². The lowest BCUT2D eigenvalue weighted by molar-refractivity contribution is 0.312. The Kier molecular flexibility index (Phi) is 3.98. The molecule has 0 radical (unpaired) electrons. The number of rotatable bonds is 0. The number of hydrogen-bond donors (Lipinski definition) is 0. The predicted molar refractivity (Wildman–Crippen MR) is 99.1 cm³/mol. The van der Waals surface area contributed by atoms with Gasteiger partial charge in [-0.05, 0) is 60.9 Å². The van der Waals surface area contributed by atoms with Gasteiger partial charge in [-0.25, -0.2) is 0 Å². The topological polar surface area (TPSA) is 3.24 Å². The number of benzene rings is 1. The quantitative estimate of drug-likeness (QED) is 0.639. The van der Waals surface area contributed by atoms with E-state index in [1.54, 1.807) is 16.7 Å². The summed E-state index contributed by atoms with van der Waals surface area (Å²) in [5, 5.41) is 0. The van der Waals surface area contributed by atoms with E-state index in [-0.39, 0.29) is 0 Å². The standard InChI is InChI=1S/C22H27N/c1-16-7-8-18-10-9-17-5-3-4-6-20(17)22(21(18)15-16)19-11-13-23(2)14-12-19/h3-6,8-10,16,21H,7,11-15H2,1-2H3. The van der Waals surface area contributed by atoms with Crippen LogP contribution < -0.4 is 0 Å². The van der Waals surface area contributed by atoms with Gasteiger partial charge in [0.2, 0.25) is 0 Å². The van der Waals surface area contributed by atoms with E-state index in [9.17, 15) is 0 Å². The summed E-state index contributed by atoms with van der Waals surface area (Å²) in [6.45, 7) is 4.82. The molecule has 0 amide bonds. The first-order valence-electron chi connectivity index (χ1n) is 9.10.